The molecule has 80 heavy (non-hydrogen) atoms. The van der Waals surface area contributed by atoms with Crippen LogP contribution in [0.1, 0.15) is 44.6 Å². The predicted molar refractivity (Wildman–Crippen MR) is 287 cm³/mol. The van der Waals surface area contributed by atoms with Crippen molar-refractivity contribution in [2.24, 2.45) is 51.1 Å². The number of hydrogen-bond donors (Lipinski definition) is 5. The van der Waals surface area contributed by atoms with Gasteiger partial charge >= 0.3 is 27.2 Å². The Labute approximate surface area is 458 Å². The summed E-state index contributed by atoms with van der Waals surface area (Å²) in [4.78, 5) is 10.9. The summed E-state index contributed by atoms with van der Waals surface area (Å²) in [5.41, 5.74) is 6.73. The van der Waals surface area contributed by atoms with E-state index in [4.69, 9.17) is 30.0 Å². The standard InChI is InChI=1S/C49H44N10O11S2.2O3S/c1-27-20-40(28(2)19-39(27)54-53-38-15-11-32-24-33(12-14-35(32)48(38)61)50-51-34-13-16-45(60)36(25-34)49(62)63)55-56-41-21-30(4)42(22-29(41)3)57-59-44-23-31(5)43(26-46(44)70-17-8-18-71(64,65)66)58-52-37-9-6-7-10-47(37)72(67,68)69;2*1-4(2)3/h6-7,9-16,19-26,60-61H,8,17-18H2,1-5H3,(H,62,63)(H,64,65,66)(H,67,68,69);;. The highest BCUT2D eigenvalue weighted by atomic mass is 32.2. The Morgan fingerprint density at radius 1 is 0.500 bits per heavy atom. The summed E-state index contributed by atoms with van der Waals surface area (Å²) in [5.74, 6) is -2.17. The van der Waals surface area contributed by atoms with Crippen molar-refractivity contribution in [3.05, 3.63) is 143 Å². The fraction of sp³-hybridized carbons (Fsp3) is 0.163. The average molecular weight is 1170 g/mol. The summed E-state index contributed by atoms with van der Waals surface area (Å²) < 4.78 is 122. The SMILES string of the molecule is Cc1cc(N=Nc2cc(C)c(N=Nc3ccccc3S(=O)(=O)O)cc2OCCCS(=O)(=O)O)c(C)cc1N=Nc1cc(C)c(N=Nc2ccc3cc(N=Nc4ccc(O)c(C(=O)O)c4)ccc3c2O)cc1C.O=S(=O)=O.O=S(=O)=O. The van der Waals surface area contributed by atoms with Crippen LogP contribution in [0.3, 0.4) is 0 Å². The maximum atomic E-state index is 11.9. The van der Waals surface area contributed by atoms with Gasteiger partial charge in [-0.25, -0.2) is 4.79 Å². The van der Waals surface area contributed by atoms with Gasteiger partial charge in [-0.3, -0.25) is 9.11 Å². The van der Waals surface area contributed by atoms with E-state index in [-0.39, 0.29) is 64.3 Å². The molecule has 0 spiro atoms. The van der Waals surface area contributed by atoms with Gasteiger partial charge in [0.2, 0.25) is 0 Å². The molecule has 0 saturated heterocycles. The third-order valence-corrected chi connectivity index (χ3v) is 12.5. The summed E-state index contributed by atoms with van der Waals surface area (Å²) >= 11 is 0. The van der Waals surface area contributed by atoms with Crippen molar-refractivity contribution in [2.45, 2.75) is 45.9 Å². The first-order valence-electron chi connectivity index (χ1n) is 22.6. The molecule has 0 bridgehead atoms. The van der Waals surface area contributed by atoms with Gasteiger partial charge in [0.05, 0.1) is 52.2 Å². The summed E-state index contributed by atoms with van der Waals surface area (Å²) in [6.07, 6.45) is -0.0461. The minimum Gasteiger partial charge on any atom is -0.507 e. The number of fused-ring (bicyclic) bond motifs is 1. The molecule has 0 fully saturated rings. The molecule has 0 saturated carbocycles. The van der Waals surface area contributed by atoms with Crippen LogP contribution in [0.4, 0.5) is 56.9 Å². The fourth-order valence-electron chi connectivity index (χ4n) is 6.88. The van der Waals surface area contributed by atoms with Crippen molar-refractivity contribution in [3.8, 4) is 17.2 Å². The van der Waals surface area contributed by atoms with Crippen molar-refractivity contribution in [2.75, 3.05) is 12.4 Å². The molecule has 0 unspecified atom stereocenters. The quantitative estimate of drug-likeness (QED) is 0.0321. The zero-order valence-electron chi connectivity index (χ0n) is 42.3. The molecule has 27 nitrogen and oxygen atoms in total. The van der Waals surface area contributed by atoms with Gasteiger partial charge in [0.15, 0.2) is 5.75 Å². The molecule has 31 heteroatoms. The number of phenolic OH excluding ortho intramolecular Hbond substituents is 1. The number of rotatable bonds is 17. The number of carboxylic acid groups (broad SMARTS) is 1. The number of azo groups is 5. The summed E-state index contributed by atoms with van der Waals surface area (Å²) in [5, 5.41) is 74.5. The topological polar surface area (TPSA) is 422 Å². The molecule has 0 amide bonds. The van der Waals surface area contributed by atoms with E-state index in [2.05, 4.69) is 51.1 Å². The Balaban J connectivity index is 0.00000138. The van der Waals surface area contributed by atoms with Gasteiger partial charge in [0, 0.05) is 11.5 Å². The summed E-state index contributed by atoms with van der Waals surface area (Å²) in [6, 6.07) is 28.0. The van der Waals surface area contributed by atoms with Gasteiger partial charge in [-0.05, 0) is 159 Å². The van der Waals surface area contributed by atoms with Gasteiger partial charge in [0.25, 0.3) is 20.2 Å². The van der Waals surface area contributed by atoms with E-state index in [0.717, 1.165) is 16.7 Å². The highest BCUT2D eigenvalue weighted by Gasteiger charge is 2.17. The smallest absolute Gasteiger partial charge is 0.425 e. The molecule has 0 heterocycles. The molecular formula is C49H44N10O17S4. The van der Waals surface area contributed by atoms with Crippen molar-refractivity contribution < 1.29 is 76.0 Å². The maximum absolute atomic E-state index is 11.9. The Morgan fingerprint density at radius 3 is 1.41 bits per heavy atom. The van der Waals surface area contributed by atoms with Crippen LogP contribution in [0, 0.1) is 34.6 Å². The number of benzene rings is 7. The molecule has 0 radical (unpaired) electrons. The lowest BCUT2D eigenvalue weighted by Crippen LogP contribution is -2.08. The second kappa shape index (κ2) is 27.4. The number of aromatic carboxylic acids is 1. The molecule has 416 valence electrons. The Bertz CT molecular complexity index is 4140. The van der Waals surface area contributed by atoms with Gasteiger partial charge in [-0.2, -0.15) is 52.6 Å². The van der Waals surface area contributed by atoms with Crippen LogP contribution < -0.4 is 4.74 Å². The van der Waals surface area contributed by atoms with Crippen LogP contribution in [0.25, 0.3) is 10.8 Å². The van der Waals surface area contributed by atoms with E-state index < -0.39 is 58.1 Å². The largest absolute Gasteiger partial charge is 0.507 e. The van der Waals surface area contributed by atoms with E-state index in [1.807, 2.05) is 39.8 Å². The van der Waals surface area contributed by atoms with Gasteiger partial charge in [-0.15, -0.1) is 40.6 Å². The van der Waals surface area contributed by atoms with E-state index in [1.54, 1.807) is 55.5 Å². The van der Waals surface area contributed by atoms with Crippen LogP contribution in [0.5, 0.6) is 17.2 Å². The fourth-order valence-corrected chi connectivity index (χ4v) is 7.99. The Morgan fingerprint density at radius 2 is 0.925 bits per heavy atom. The minimum atomic E-state index is -4.59. The molecule has 0 aliphatic heterocycles. The first-order chi connectivity index (χ1) is 37.6. The Hall–Kier alpha value is -9.27. The number of hydrogen-bond acceptors (Lipinski definition) is 24. The third kappa shape index (κ3) is 18.2. The van der Waals surface area contributed by atoms with Gasteiger partial charge < -0.3 is 20.1 Å². The molecule has 0 atom stereocenters. The Kier molecular flexibility index (Phi) is 21.1. The third-order valence-electron chi connectivity index (χ3n) is 10.8. The predicted octanol–water partition coefficient (Wildman–Crippen LogP) is 12.5. The summed E-state index contributed by atoms with van der Waals surface area (Å²) in [6.45, 7) is 8.95. The maximum Gasteiger partial charge on any atom is 0.425 e. The molecule has 0 aliphatic rings. The number of ether oxygens (including phenoxy) is 1. The lowest BCUT2D eigenvalue weighted by molar-refractivity contribution is 0.0693. The zero-order chi connectivity index (χ0) is 59.1. The molecule has 7 aromatic rings. The van der Waals surface area contributed by atoms with Crippen LogP contribution in [-0.4, -0.2) is 84.8 Å². The van der Waals surface area contributed by atoms with Crippen molar-refractivity contribution in [3.63, 3.8) is 0 Å². The number of carbonyl (C=O) groups is 1. The summed E-state index contributed by atoms with van der Waals surface area (Å²) in [7, 11) is -15.1. The second-order valence-electron chi connectivity index (χ2n) is 16.6. The second-order valence-corrected chi connectivity index (χ2v) is 20.4. The zero-order valence-corrected chi connectivity index (χ0v) is 45.5. The number of nitrogens with zero attached hydrogens (tertiary/aromatic N) is 10. The minimum absolute atomic E-state index is 0.0461. The van der Waals surface area contributed by atoms with Crippen LogP contribution in [-0.2, 0) is 41.5 Å². The average Bonchev–Trinajstić information content (AvgIpc) is 3.40. The molecule has 0 aliphatic carbocycles. The van der Waals surface area contributed by atoms with Crippen molar-refractivity contribution in [1.29, 1.82) is 0 Å². The normalized spacial score (nSPS) is 11.8. The lowest BCUT2D eigenvalue weighted by Gasteiger charge is -2.11. The van der Waals surface area contributed by atoms with Crippen molar-refractivity contribution in [1.82, 2.24) is 0 Å². The van der Waals surface area contributed by atoms with E-state index in [0.29, 0.717) is 50.3 Å². The van der Waals surface area contributed by atoms with Crippen LogP contribution in [0.2, 0.25) is 0 Å². The molecule has 0 aromatic heterocycles. The van der Waals surface area contributed by atoms with Crippen LogP contribution in [0.15, 0.2) is 165 Å². The molecule has 5 N–H and O–H groups in total. The monoisotopic (exact) mass is 1170 g/mol. The number of carboxylic acids is 1. The van der Waals surface area contributed by atoms with Crippen LogP contribution >= 0.6 is 0 Å². The van der Waals surface area contributed by atoms with Gasteiger partial charge in [-0.1, -0.05) is 18.2 Å². The lowest BCUT2D eigenvalue weighted by atomic mass is 10.1. The highest BCUT2D eigenvalue weighted by molar-refractivity contribution is 7.86. The van der Waals surface area contributed by atoms with E-state index in [9.17, 15) is 46.1 Å². The molecule has 7 rings (SSSR count). The van der Waals surface area contributed by atoms with Gasteiger partial charge in [0.1, 0.15) is 39.0 Å². The highest BCUT2D eigenvalue weighted by Crippen LogP contribution is 2.41. The number of aryl methyl sites for hydroxylation is 5. The van der Waals surface area contributed by atoms with E-state index >= 15 is 0 Å². The van der Waals surface area contributed by atoms with E-state index in [1.165, 1.54) is 48.5 Å². The number of phenols is 2. The molecule has 7 aromatic carbocycles. The number of aromatic hydroxyl groups is 2. The first kappa shape index (κ1) is 61.6. The van der Waals surface area contributed by atoms with Crippen molar-refractivity contribution >= 4 is 115 Å². The first-order valence-corrected chi connectivity index (χ1v) is 27.6. The molecular weight excluding hydrogens is 1130 g/mol.